The van der Waals surface area contributed by atoms with Crippen LogP contribution in [-0.4, -0.2) is 10.9 Å². The van der Waals surface area contributed by atoms with Crippen LogP contribution in [0, 0.1) is 13.8 Å². The lowest BCUT2D eigenvalue weighted by Gasteiger charge is -2.12. The van der Waals surface area contributed by atoms with Crippen molar-refractivity contribution >= 4 is 45.7 Å². The van der Waals surface area contributed by atoms with Crippen molar-refractivity contribution in [1.82, 2.24) is 4.98 Å². The third kappa shape index (κ3) is 4.12. The number of hydrogen-bond donors (Lipinski definition) is 1. The standard InChI is InChI=1S/C24H18Cl2N2O/c1-14-7-8-16(9-15(14)2)23-13-21(20-5-3-4-6-22(20)28-23)24(29)27-19-11-17(25)10-18(26)12-19/h3-13H,1-2H3,(H,27,29). The molecule has 0 saturated heterocycles. The number of carbonyl (C=O) groups is 1. The molecule has 3 nitrogen and oxygen atoms in total. The largest absolute Gasteiger partial charge is 0.322 e. The molecule has 1 N–H and O–H groups in total. The lowest BCUT2D eigenvalue weighted by molar-refractivity contribution is 0.102. The topological polar surface area (TPSA) is 42.0 Å². The maximum absolute atomic E-state index is 13.1. The number of rotatable bonds is 3. The van der Waals surface area contributed by atoms with E-state index in [4.69, 9.17) is 28.2 Å². The van der Waals surface area contributed by atoms with Crippen LogP contribution in [0.5, 0.6) is 0 Å². The van der Waals surface area contributed by atoms with Crippen LogP contribution in [-0.2, 0) is 0 Å². The molecule has 1 amide bonds. The Kier molecular flexibility index (Phi) is 5.27. The first-order valence-corrected chi connectivity index (χ1v) is 9.91. The summed E-state index contributed by atoms with van der Waals surface area (Å²) in [5, 5.41) is 4.60. The van der Waals surface area contributed by atoms with E-state index in [2.05, 4.69) is 31.3 Å². The molecule has 0 saturated carbocycles. The van der Waals surface area contributed by atoms with Gasteiger partial charge in [0.15, 0.2) is 0 Å². The number of pyridine rings is 1. The van der Waals surface area contributed by atoms with E-state index in [9.17, 15) is 4.79 Å². The molecule has 0 aliphatic rings. The van der Waals surface area contributed by atoms with Gasteiger partial charge < -0.3 is 5.32 Å². The minimum absolute atomic E-state index is 0.244. The van der Waals surface area contributed by atoms with E-state index >= 15 is 0 Å². The SMILES string of the molecule is Cc1ccc(-c2cc(C(=O)Nc3cc(Cl)cc(Cl)c3)c3ccccc3n2)cc1C. The fraction of sp³-hybridized carbons (Fsp3) is 0.0833. The summed E-state index contributed by atoms with van der Waals surface area (Å²) in [4.78, 5) is 17.9. The molecule has 1 aromatic heterocycles. The summed E-state index contributed by atoms with van der Waals surface area (Å²) in [6.45, 7) is 4.14. The van der Waals surface area contributed by atoms with Crippen LogP contribution >= 0.6 is 23.2 Å². The predicted molar refractivity (Wildman–Crippen MR) is 121 cm³/mol. The second kappa shape index (κ2) is 7.86. The van der Waals surface area contributed by atoms with Crippen LogP contribution in [0.4, 0.5) is 5.69 Å². The zero-order chi connectivity index (χ0) is 20.5. The van der Waals surface area contributed by atoms with Crippen LogP contribution < -0.4 is 5.32 Å². The lowest BCUT2D eigenvalue weighted by Crippen LogP contribution is -2.13. The Morgan fingerprint density at radius 2 is 1.59 bits per heavy atom. The number of aromatic nitrogens is 1. The molecule has 0 unspecified atom stereocenters. The van der Waals surface area contributed by atoms with Crippen molar-refractivity contribution < 1.29 is 4.79 Å². The monoisotopic (exact) mass is 420 g/mol. The fourth-order valence-electron chi connectivity index (χ4n) is 3.24. The van der Waals surface area contributed by atoms with Gasteiger partial charge in [-0.3, -0.25) is 4.79 Å². The van der Waals surface area contributed by atoms with E-state index in [0.29, 0.717) is 21.3 Å². The van der Waals surface area contributed by atoms with Gasteiger partial charge >= 0.3 is 0 Å². The van der Waals surface area contributed by atoms with E-state index in [1.807, 2.05) is 36.4 Å². The van der Waals surface area contributed by atoms with Gasteiger partial charge in [0.25, 0.3) is 5.91 Å². The normalized spacial score (nSPS) is 10.9. The minimum atomic E-state index is -0.244. The smallest absolute Gasteiger partial charge is 0.256 e. The third-order valence-corrected chi connectivity index (χ3v) is 5.32. The number of carbonyl (C=O) groups excluding carboxylic acids is 1. The lowest BCUT2D eigenvalue weighted by atomic mass is 10.0. The molecule has 0 radical (unpaired) electrons. The Balaban J connectivity index is 1.81. The summed E-state index contributed by atoms with van der Waals surface area (Å²) in [6.07, 6.45) is 0. The van der Waals surface area contributed by atoms with Crippen molar-refractivity contribution in [3.8, 4) is 11.3 Å². The van der Waals surface area contributed by atoms with E-state index in [-0.39, 0.29) is 5.91 Å². The van der Waals surface area contributed by atoms with Gasteiger partial charge in [-0.15, -0.1) is 0 Å². The van der Waals surface area contributed by atoms with Crippen LogP contribution in [0.1, 0.15) is 21.5 Å². The average molecular weight is 421 g/mol. The average Bonchev–Trinajstić information content (AvgIpc) is 2.68. The molecule has 3 aromatic carbocycles. The Labute approximate surface area is 179 Å². The maximum atomic E-state index is 13.1. The quantitative estimate of drug-likeness (QED) is 0.384. The first kappa shape index (κ1) is 19.4. The van der Waals surface area contributed by atoms with Crippen LogP contribution in [0.2, 0.25) is 10.0 Å². The zero-order valence-electron chi connectivity index (χ0n) is 16.0. The molecule has 0 atom stereocenters. The zero-order valence-corrected chi connectivity index (χ0v) is 17.5. The second-order valence-corrected chi connectivity index (χ2v) is 7.86. The van der Waals surface area contributed by atoms with Gasteiger partial charge in [-0.1, -0.05) is 53.5 Å². The van der Waals surface area contributed by atoms with Gasteiger partial charge in [0.2, 0.25) is 0 Å². The number of benzene rings is 3. The van der Waals surface area contributed by atoms with E-state index in [1.54, 1.807) is 18.2 Å². The number of para-hydroxylation sites is 1. The predicted octanol–water partition coefficient (Wildman–Crippen LogP) is 7.08. The molecule has 1 heterocycles. The van der Waals surface area contributed by atoms with Gasteiger partial charge in [0, 0.05) is 26.7 Å². The second-order valence-electron chi connectivity index (χ2n) is 6.98. The van der Waals surface area contributed by atoms with Crippen LogP contribution in [0.3, 0.4) is 0 Å². The Bertz CT molecular complexity index is 1230. The number of nitrogens with zero attached hydrogens (tertiary/aromatic N) is 1. The van der Waals surface area contributed by atoms with Crippen LogP contribution in [0.15, 0.2) is 66.7 Å². The highest BCUT2D eigenvalue weighted by atomic mass is 35.5. The molecular weight excluding hydrogens is 403 g/mol. The van der Waals surface area contributed by atoms with E-state index in [0.717, 1.165) is 22.2 Å². The summed E-state index contributed by atoms with van der Waals surface area (Å²) in [7, 11) is 0. The minimum Gasteiger partial charge on any atom is -0.322 e. The van der Waals surface area contributed by atoms with Crippen molar-refractivity contribution in [2.45, 2.75) is 13.8 Å². The third-order valence-electron chi connectivity index (χ3n) is 4.88. The van der Waals surface area contributed by atoms with Crippen molar-refractivity contribution in [3.05, 3.63) is 93.5 Å². The van der Waals surface area contributed by atoms with Gasteiger partial charge in [0.05, 0.1) is 16.8 Å². The number of anilines is 1. The number of nitrogens with one attached hydrogen (secondary N) is 1. The Hall–Kier alpha value is -2.88. The van der Waals surface area contributed by atoms with Gasteiger partial charge in [-0.25, -0.2) is 4.98 Å². The summed E-state index contributed by atoms with van der Waals surface area (Å²) in [6, 6.07) is 20.6. The Morgan fingerprint density at radius 1 is 0.862 bits per heavy atom. The fourth-order valence-corrected chi connectivity index (χ4v) is 3.76. The molecule has 0 aliphatic heterocycles. The van der Waals surface area contributed by atoms with E-state index in [1.165, 1.54) is 11.1 Å². The summed E-state index contributed by atoms with van der Waals surface area (Å²) in [5.41, 5.74) is 5.96. The highest BCUT2D eigenvalue weighted by molar-refractivity contribution is 6.35. The van der Waals surface area contributed by atoms with Crippen molar-refractivity contribution in [2.75, 3.05) is 5.32 Å². The molecule has 4 aromatic rings. The molecule has 4 rings (SSSR count). The number of halogens is 2. The molecule has 0 bridgehead atoms. The Morgan fingerprint density at radius 3 is 2.31 bits per heavy atom. The summed E-state index contributed by atoms with van der Waals surface area (Å²) < 4.78 is 0. The number of amides is 1. The highest BCUT2D eigenvalue weighted by Crippen LogP contribution is 2.28. The number of aryl methyl sites for hydroxylation is 2. The summed E-state index contributed by atoms with van der Waals surface area (Å²) >= 11 is 12.1. The van der Waals surface area contributed by atoms with Gasteiger partial charge in [-0.2, -0.15) is 0 Å². The molecule has 0 fully saturated rings. The van der Waals surface area contributed by atoms with Crippen molar-refractivity contribution in [2.24, 2.45) is 0 Å². The van der Waals surface area contributed by atoms with Crippen LogP contribution in [0.25, 0.3) is 22.2 Å². The molecule has 144 valence electrons. The number of fused-ring (bicyclic) bond motifs is 1. The molecular formula is C24H18Cl2N2O. The molecule has 29 heavy (non-hydrogen) atoms. The van der Waals surface area contributed by atoms with Gasteiger partial charge in [0.1, 0.15) is 0 Å². The molecule has 5 heteroatoms. The number of hydrogen-bond acceptors (Lipinski definition) is 2. The molecule has 0 spiro atoms. The maximum Gasteiger partial charge on any atom is 0.256 e. The summed E-state index contributed by atoms with van der Waals surface area (Å²) in [5.74, 6) is -0.244. The van der Waals surface area contributed by atoms with Crippen molar-refractivity contribution in [1.29, 1.82) is 0 Å². The first-order chi connectivity index (χ1) is 13.9. The van der Waals surface area contributed by atoms with Crippen molar-refractivity contribution in [3.63, 3.8) is 0 Å². The van der Waals surface area contributed by atoms with Gasteiger partial charge in [-0.05, 0) is 61.4 Å². The highest BCUT2D eigenvalue weighted by Gasteiger charge is 2.15. The van der Waals surface area contributed by atoms with E-state index < -0.39 is 0 Å². The molecule has 0 aliphatic carbocycles. The first-order valence-electron chi connectivity index (χ1n) is 9.15.